The topological polar surface area (TPSA) is 48.0 Å². The summed E-state index contributed by atoms with van der Waals surface area (Å²) in [5.74, 6) is 1.62. The highest BCUT2D eigenvalue weighted by atomic mass is 16.5. The smallest absolute Gasteiger partial charge is 0.251 e. The highest BCUT2D eigenvalue weighted by Gasteiger charge is 2.22. The molecule has 0 atom stereocenters. The molecule has 0 saturated heterocycles. The summed E-state index contributed by atoms with van der Waals surface area (Å²) < 4.78 is 16.1. The minimum atomic E-state index is -0.0287. The molecular weight excluding hydrogens is 342 g/mol. The van der Waals surface area contributed by atoms with Gasteiger partial charge in [-0.25, -0.2) is 0 Å². The van der Waals surface area contributed by atoms with Crippen LogP contribution < -0.4 is 19.1 Å². The minimum Gasteiger partial charge on any atom is -0.493 e. The Hall–Kier alpha value is -2.95. The lowest BCUT2D eigenvalue weighted by Gasteiger charge is -2.30. The molecule has 5 heteroatoms. The molecule has 142 valence electrons. The maximum atomic E-state index is 12.9. The fraction of sp³-hybridized carbons (Fsp3) is 0.318. The minimum absolute atomic E-state index is 0.0287. The Morgan fingerprint density at radius 1 is 1.07 bits per heavy atom. The monoisotopic (exact) mass is 367 g/mol. The molecule has 1 aliphatic heterocycles. The fourth-order valence-electron chi connectivity index (χ4n) is 3.52. The Balaban J connectivity index is 1.89. The number of fused-ring (bicyclic) bond motifs is 1. The largest absolute Gasteiger partial charge is 0.493 e. The molecule has 1 heterocycles. The second kappa shape index (κ2) is 8.16. The number of rotatable bonds is 5. The van der Waals surface area contributed by atoms with E-state index in [1.807, 2.05) is 36.1 Å². The average molecular weight is 367 g/mol. The summed E-state index contributed by atoms with van der Waals surface area (Å²) in [6, 6.07) is 9.84. The molecule has 0 unspecified atom stereocenters. The van der Waals surface area contributed by atoms with Gasteiger partial charge < -0.3 is 19.1 Å². The molecule has 0 aliphatic carbocycles. The van der Waals surface area contributed by atoms with Crippen molar-refractivity contribution in [3.63, 3.8) is 0 Å². The molecule has 0 saturated carbocycles. The first-order valence-corrected chi connectivity index (χ1v) is 8.97. The summed E-state index contributed by atoms with van der Waals surface area (Å²) in [5, 5.41) is 0. The molecule has 2 aromatic rings. The van der Waals surface area contributed by atoms with Gasteiger partial charge in [-0.2, -0.15) is 0 Å². The second-order valence-electron chi connectivity index (χ2n) is 6.47. The number of ether oxygens (including phenoxy) is 3. The van der Waals surface area contributed by atoms with E-state index >= 15 is 0 Å². The maximum absolute atomic E-state index is 12.9. The third-order valence-corrected chi connectivity index (χ3v) is 4.79. The van der Waals surface area contributed by atoms with E-state index in [9.17, 15) is 4.79 Å². The van der Waals surface area contributed by atoms with Crippen LogP contribution in [0.1, 0.15) is 23.1 Å². The van der Waals surface area contributed by atoms with E-state index in [0.29, 0.717) is 17.2 Å². The van der Waals surface area contributed by atoms with Gasteiger partial charge in [0, 0.05) is 12.6 Å². The zero-order chi connectivity index (χ0) is 19.4. The quantitative estimate of drug-likeness (QED) is 0.749. The van der Waals surface area contributed by atoms with Crippen molar-refractivity contribution in [1.29, 1.82) is 0 Å². The van der Waals surface area contributed by atoms with Gasteiger partial charge in [-0.1, -0.05) is 18.2 Å². The molecule has 0 fully saturated rings. The highest BCUT2D eigenvalue weighted by molar-refractivity contribution is 6.05. The molecule has 0 bridgehead atoms. The fourth-order valence-corrected chi connectivity index (χ4v) is 3.52. The van der Waals surface area contributed by atoms with Gasteiger partial charge in [0.15, 0.2) is 11.5 Å². The standard InChI is InChI=1S/C22H25NO4/c1-15-7-5-8-17-9-6-12-23(21(15)17)20(24)11-10-16-13-18(25-2)22(27-4)19(14-16)26-3/h5,7-8,10-11,13-14H,6,9,12H2,1-4H3/b11-10+. The Morgan fingerprint density at radius 3 is 2.41 bits per heavy atom. The number of amides is 1. The zero-order valence-corrected chi connectivity index (χ0v) is 16.2. The number of para-hydroxylation sites is 1. The molecule has 27 heavy (non-hydrogen) atoms. The third kappa shape index (κ3) is 3.77. The SMILES string of the molecule is COc1cc(/C=C/C(=O)N2CCCc3cccc(C)c32)cc(OC)c1OC. The molecule has 0 spiro atoms. The van der Waals surface area contributed by atoms with Crippen molar-refractivity contribution in [3.05, 3.63) is 53.1 Å². The van der Waals surface area contributed by atoms with Gasteiger partial charge in [-0.15, -0.1) is 0 Å². The Morgan fingerprint density at radius 2 is 1.78 bits per heavy atom. The lowest BCUT2D eigenvalue weighted by atomic mass is 9.98. The van der Waals surface area contributed by atoms with Crippen LogP contribution in [0, 0.1) is 6.92 Å². The summed E-state index contributed by atoms with van der Waals surface area (Å²) in [6.45, 7) is 2.78. The summed E-state index contributed by atoms with van der Waals surface area (Å²) in [6.07, 6.45) is 5.36. The van der Waals surface area contributed by atoms with Crippen molar-refractivity contribution in [2.45, 2.75) is 19.8 Å². The molecule has 1 aliphatic rings. The second-order valence-corrected chi connectivity index (χ2v) is 6.47. The van der Waals surface area contributed by atoms with Crippen LogP contribution in [0.25, 0.3) is 6.08 Å². The van der Waals surface area contributed by atoms with Crippen molar-refractivity contribution in [2.24, 2.45) is 0 Å². The van der Waals surface area contributed by atoms with Crippen molar-refractivity contribution < 1.29 is 19.0 Å². The van der Waals surface area contributed by atoms with Gasteiger partial charge in [0.05, 0.1) is 27.0 Å². The van der Waals surface area contributed by atoms with E-state index in [1.165, 1.54) is 5.56 Å². The predicted molar refractivity (Wildman–Crippen MR) is 107 cm³/mol. The lowest BCUT2D eigenvalue weighted by Crippen LogP contribution is -2.34. The van der Waals surface area contributed by atoms with E-state index in [2.05, 4.69) is 6.07 Å². The first kappa shape index (κ1) is 18.8. The number of hydrogen-bond donors (Lipinski definition) is 0. The van der Waals surface area contributed by atoms with E-state index in [1.54, 1.807) is 33.5 Å². The summed E-state index contributed by atoms with van der Waals surface area (Å²) >= 11 is 0. The van der Waals surface area contributed by atoms with E-state index in [-0.39, 0.29) is 5.91 Å². The van der Waals surface area contributed by atoms with Crippen LogP contribution in [-0.2, 0) is 11.2 Å². The molecule has 1 amide bonds. The number of anilines is 1. The molecule has 3 rings (SSSR count). The maximum Gasteiger partial charge on any atom is 0.251 e. The Labute approximate surface area is 160 Å². The third-order valence-electron chi connectivity index (χ3n) is 4.79. The Kier molecular flexibility index (Phi) is 5.69. The van der Waals surface area contributed by atoms with Crippen LogP contribution in [0.5, 0.6) is 17.2 Å². The number of benzene rings is 2. The van der Waals surface area contributed by atoms with Crippen LogP contribution in [-0.4, -0.2) is 33.8 Å². The lowest BCUT2D eigenvalue weighted by molar-refractivity contribution is -0.114. The van der Waals surface area contributed by atoms with E-state index < -0.39 is 0 Å². The van der Waals surface area contributed by atoms with Gasteiger partial charge in [-0.3, -0.25) is 4.79 Å². The van der Waals surface area contributed by atoms with Crippen molar-refractivity contribution in [1.82, 2.24) is 0 Å². The van der Waals surface area contributed by atoms with Gasteiger partial charge >= 0.3 is 0 Å². The zero-order valence-electron chi connectivity index (χ0n) is 16.2. The summed E-state index contributed by atoms with van der Waals surface area (Å²) in [4.78, 5) is 14.7. The van der Waals surface area contributed by atoms with Gasteiger partial charge in [-0.05, 0) is 54.7 Å². The van der Waals surface area contributed by atoms with Crippen molar-refractivity contribution >= 4 is 17.7 Å². The van der Waals surface area contributed by atoms with Crippen molar-refractivity contribution in [3.8, 4) is 17.2 Å². The predicted octanol–water partition coefficient (Wildman–Crippen LogP) is 4.01. The van der Waals surface area contributed by atoms with Crippen LogP contribution in [0.2, 0.25) is 0 Å². The van der Waals surface area contributed by atoms with Crippen LogP contribution in [0.3, 0.4) is 0 Å². The first-order valence-electron chi connectivity index (χ1n) is 8.97. The molecule has 0 N–H and O–H groups in total. The van der Waals surface area contributed by atoms with E-state index in [0.717, 1.165) is 36.2 Å². The molecule has 5 nitrogen and oxygen atoms in total. The molecule has 0 aromatic heterocycles. The average Bonchev–Trinajstić information content (AvgIpc) is 2.70. The van der Waals surface area contributed by atoms with Crippen LogP contribution in [0.4, 0.5) is 5.69 Å². The van der Waals surface area contributed by atoms with E-state index in [4.69, 9.17) is 14.2 Å². The number of aryl methyl sites for hydroxylation is 2. The van der Waals surface area contributed by atoms with Gasteiger partial charge in [0.2, 0.25) is 5.75 Å². The number of methoxy groups -OCH3 is 3. The van der Waals surface area contributed by atoms with Gasteiger partial charge in [0.25, 0.3) is 5.91 Å². The first-order chi connectivity index (χ1) is 13.1. The highest BCUT2D eigenvalue weighted by Crippen LogP contribution is 2.38. The normalized spacial score (nSPS) is 13.4. The molecule has 2 aromatic carbocycles. The number of nitrogens with zero attached hydrogens (tertiary/aromatic N) is 1. The number of carbonyl (C=O) groups is 1. The summed E-state index contributed by atoms with van der Waals surface area (Å²) in [5.41, 5.74) is 4.21. The number of hydrogen-bond acceptors (Lipinski definition) is 4. The number of carbonyl (C=O) groups excluding carboxylic acids is 1. The summed E-state index contributed by atoms with van der Waals surface area (Å²) in [7, 11) is 4.71. The Bertz CT molecular complexity index is 848. The molecular formula is C22H25NO4. The van der Waals surface area contributed by atoms with Crippen LogP contribution in [0.15, 0.2) is 36.4 Å². The van der Waals surface area contributed by atoms with Crippen LogP contribution >= 0.6 is 0 Å². The molecule has 0 radical (unpaired) electrons. The van der Waals surface area contributed by atoms with Gasteiger partial charge in [0.1, 0.15) is 0 Å². The van der Waals surface area contributed by atoms with Crippen molar-refractivity contribution in [2.75, 3.05) is 32.8 Å².